The molecule has 1 aromatic heterocycles. The van der Waals surface area contributed by atoms with Crippen molar-refractivity contribution in [2.24, 2.45) is 11.1 Å². The number of nitrogens with zero attached hydrogens (tertiary/aromatic N) is 1. The van der Waals surface area contributed by atoms with Gasteiger partial charge in [0.2, 0.25) is 11.9 Å². The maximum absolute atomic E-state index is 12.1. The Kier molecular flexibility index (Phi) is 3.21. The standard InChI is InChI=1S/C10H16N4O2/c11-7-10(1-5-16-6-2-10)8(15)14-9-12-3-4-13-9/h3-4H,1-2,5-7,11H2,(H2,12,13,14,15). The van der Waals surface area contributed by atoms with Crippen LogP contribution in [0.2, 0.25) is 0 Å². The molecule has 0 aliphatic carbocycles. The number of aromatic amines is 1. The van der Waals surface area contributed by atoms with Gasteiger partial charge in [0.25, 0.3) is 0 Å². The van der Waals surface area contributed by atoms with E-state index in [2.05, 4.69) is 15.3 Å². The summed E-state index contributed by atoms with van der Waals surface area (Å²) in [6, 6.07) is 0. The predicted molar refractivity (Wildman–Crippen MR) is 58.8 cm³/mol. The molecule has 88 valence electrons. The molecule has 16 heavy (non-hydrogen) atoms. The predicted octanol–water partition coefficient (Wildman–Crippen LogP) is 0.104. The van der Waals surface area contributed by atoms with Crippen molar-refractivity contribution in [3.8, 4) is 0 Å². The van der Waals surface area contributed by atoms with Gasteiger partial charge in [-0.05, 0) is 12.8 Å². The molecule has 1 fully saturated rings. The summed E-state index contributed by atoms with van der Waals surface area (Å²) in [5.74, 6) is 0.387. The number of amides is 1. The molecule has 0 saturated carbocycles. The Morgan fingerprint density at radius 2 is 2.38 bits per heavy atom. The summed E-state index contributed by atoms with van der Waals surface area (Å²) in [7, 11) is 0. The van der Waals surface area contributed by atoms with Crippen LogP contribution < -0.4 is 11.1 Å². The van der Waals surface area contributed by atoms with E-state index in [0.29, 0.717) is 38.5 Å². The summed E-state index contributed by atoms with van der Waals surface area (Å²) in [4.78, 5) is 18.9. The van der Waals surface area contributed by atoms with Gasteiger partial charge in [0.15, 0.2) is 0 Å². The first-order valence-electron chi connectivity index (χ1n) is 5.35. The van der Waals surface area contributed by atoms with Crippen LogP contribution in [0.1, 0.15) is 12.8 Å². The number of aromatic nitrogens is 2. The molecule has 0 bridgehead atoms. The Morgan fingerprint density at radius 3 is 2.94 bits per heavy atom. The highest BCUT2D eigenvalue weighted by molar-refractivity contribution is 5.94. The van der Waals surface area contributed by atoms with E-state index in [1.54, 1.807) is 12.4 Å². The zero-order valence-electron chi connectivity index (χ0n) is 9.03. The highest BCUT2D eigenvalue weighted by Crippen LogP contribution is 2.30. The van der Waals surface area contributed by atoms with Crippen LogP contribution in [0.3, 0.4) is 0 Å². The molecule has 2 heterocycles. The molecule has 1 saturated heterocycles. The third kappa shape index (κ3) is 2.07. The van der Waals surface area contributed by atoms with Gasteiger partial charge in [0.05, 0.1) is 5.41 Å². The number of carbonyl (C=O) groups excluding carboxylic acids is 1. The van der Waals surface area contributed by atoms with Gasteiger partial charge in [-0.15, -0.1) is 0 Å². The van der Waals surface area contributed by atoms with E-state index < -0.39 is 5.41 Å². The van der Waals surface area contributed by atoms with Crippen molar-refractivity contribution in [1.82, 2.24) is 9.97 Å². The third-order valence-electron chi connectivity index (χ3n) is 3.05. The Labute approximate surface area is 93.6 Å². The third-order valence-corrected chi connectivity index (χ3v) is 3.05. The minimum absolute atomic E-state index is 0.0757. The van der Waals surface area contributed by atoms with Gasteiger partial charge in [-0.25, -0.2) is 4.98 Å². The number of hydrogen-bond acceptors (Lipinski definition) is 4. The van der Waals surface area contributed by atoms with Crippen LogP contribution in [0, 0.1) is 5.41 Å². The monoisotopic (exact) mass is 224 g/mol. The van der Waals surface area contributed by atoms with Crippen LogP contribution in [0.5, 0.6) is 0 Å². The Hall–Kier alpha value is -1.40. The largest absolute Gasteiger partial charge is 0.381 e. The van der Waals surface area contributed by atoms with E-state index >= 15 is 0 Å². The number of ether oxygens (including phenoxy) is 1. The second kappa shape index (κ2) is 4.63. The van der Waals surface area contributed by atoms with Crippen molar-refractivity contribution >= 4 is 11.9 Å². The summed E-state index contributed by atoms with van der Waals surface area (Å²) < 4.78 is 5.25. The summed E-state index contributed by atoms with van der Waals surface area (Å²) in [5, 5.41) is 2.74. The molecule has 0 spiro atoms. The number of nitrogens with one attached hydrogen (secondary N) is 2. The molecule has 1 aliphatic rings. The van der Waals surface area contributed by atoms with E-state index in [9.17, 15) is 4.79 Å². The van der Waals surface area contributed by atoms with Crippen LogP contribution >= 0.6 is 0 Å². The van der Waals surface area contributed by atoms with Crippen molar-refractivity contribution in [3.63, 3.8) is 0 Å². The Bertz CT molecular complexity index is 344. The van der Waals surface area contributed by atoms with E-state index in [-0.39, 0.29) is 5.91 Å². The first-order chi connectivity index (χ1) is 7.77. The fraction of sp³-hybridized carbons (Fsp3) is 0.600. The zero-order chi connectivity index (χ0) is 11.4. The Balaban J connectivity index is 2.06. The molecule has 6 heteroatoms. The fourth-order valence-corrected chi connectivity index (χ4v) is 1.86. The van der Waals surface area contributed by atoms with Gasteiger partial charge in [-0.2, -0.15) is 0 Å². The van der Waals surface area contributed by atoms with Crippen LogP contribution in [-0.2, 0) is 9.53 Å². The molecule has 0 unspecified atom stereocenters. The van der Waals surface area contributed by atoms with Gasteiger partial charge >= 0.3 is 0 Å². The first-order valence-corrected chi connectivity index (χ1v) is 5.35. The molecule has 1 aromatic rings. The summed E-state index contributed by atoms with van der Waals surface area (Å²) in [6.45, 7) is 1.51. The number of carbonyl (C=O) groups is 1. The minimum atomic E-state index is -0.509. The van der Waals surface area contributed by atoms with Gasteiger partial charge in [0.1, 0.15) is 0 Å². The molecule has 6 nitrogen and oxygen atoms in total. The second-order valence-corrected chi connectivity index (χ2v) is 3.99. The molecule has 0 aromatic carbocycles. The highest BCUT2D eigenvalue weighted by atomic mass is 16.5. The normalized spacial score (nSPS) is 19.3. The highest BCUT2D eigenvalue weighted by Gasteiger charge is 2.39. The SMILES string of the molecule is NCC1(C(=O)Nc2ncc[nH]2)CCOCC1. The fourth-order valence-electron chi connectivity index (χ4n) is 1.86. The number of nitrogens with two attached hydrogens (primary N) is 1. The number of rotatable bonds is 3. The van der Waals surface area contributed by atoms with Gasteiger partial charge in [0, 0.05) is 32.2 Å². The van der Waals surface area contributed by atoms with E-state index in [0.717, 1.165) is 0 Å². The topological polar surface area (TPSA) is 93.0 Å². The summed E-state index contributed by atoms with van der Waals surface area (Å²) >= 11 is 0. The van der Waals surface area contributed by atoms with Gasteiger partial charge < -0.3 is 15.5 Å². The number of anilines is 1. The molecule has 1 aliphatic heterocycles. The quantitative estimate of drug-likeness (QED) is 0.679. The minimum Gasteiger partial charge on any atom is -0.381 e. The lowest BCUT2D eigenvalue weighted by atomic mass is 9.79. The van der Waals surface area contributed by atoms with E-state index in [1.807, 2.05) is 0 Å². The molecular formula is C10H16N4O2. The molecule has 0 atom stereocenters. The van der Waals surface area contributed by atoms with Crippen molar-refractivity contribution in [3.05, 3.63) is 12.4 Å². The summed E-state index contributed by atoms with van der Waals surface area (Å²) in [5.41, 5.74) is 5.21. The number of hydrogen-bond donors (Lipinski definition) is 3. The molecule has 2 rings (SSSR count). The average molecular weight is 224 g/mol. The molecular weight excluding hydrogens is 208 g/mol. The molecule has 0 radical (unpaired) electrons. The lowest BCUT2D eigenvalue weighted by Gasteiger charge is -2.34. The van der Waals surface area contributed by atoms with Crippen molar-refractivity contribution < 1.29 is 9.53 Å². The van der Waals surface area contributed by atoms with Crippen LogP contribution in [0.25, 0.3) is 0 Å². The lowest BCUT2D eigenvalue weighted by molar-refractivity contribution is -0.130. The maximum Gasteiger partial charge on any atom is 0.234 e. The van der Waals surface area contributed by atoms with E-state index in [1.165, 1.54) is 0 Å². The number of H-pyrrole nitrogens is 1. The lowest BCUT2D eigenvalue weighted by Crippen LogP contribution is -2.46. The van der Waals surface area contributed by atoms with E-state index in [4.69, 9.17) is 10.5 Å². The number of imidazole rings is 1. The van der Waals surface area contributed by atoms with Crippen LogP contribution in [-0.4, -0.2) is 35.6 Å². The average Bonchev–Trinajstić information content (AvgIpc) is 2.82. The van der Waals surface area contributed by atoms with Crippen molar-refractivity contribution in [2.45, 2.75) is 12.8 Å². The van der Waals surface area contributed by atoms with Crippen molar-refractivity contribution in [2.75, 3.05) is 25.1 Å². The smallest absolute Gasteiger partial charge is 0.234 e. The van der Waals surface area contributed by atoms with Crippen molar-refractivity contribution in [1.29, 1.82) is 0 Å². The first kappa shape index (κ1) is 11.1. The van der Waals surface area contributed by atoms with Crippen LogP contribution in [0.15, 0.2) is 12.4 Å². The molecule has 4 N–H and O–H groups in total. The Morgan fingerprint density at radius 1 is 1.62 bits per heavy atom. The van der Waals surface area contributed by atoms with Gasteiger partial charge in [-0.3, -0.25) is 10.1 Å². The summed E-state index contributed by atoms with van der Waals surface area (Å²) in [6.07, 6.45) is 4.58. The zero-order valence-corrected chi connectivity index (χ0v) is 9.03. The maximum atomic E-state index is 12.1. The van der Waals surface area contributed by atoms with Gasteiger partial charge in [-0.1, -0.05) is 0 Å². The second-order valence-electron chi connectivity index (χ2n) is 3.99. The van der Waals surface area contributed by atoms with Crippen LogP contribution in [0.4, 0.5) is 5.95 Å². The molecule has 1 amide bonds.